The van der Waals surface area contributed by atoms with Crippen LogP contribution in [0.2, 0.25) is 0 Å². The largest absolute Gasteiger partial charge is 0.458 e. The Bertz CT molecular complexity index is 1950. The monoisotopic (exact) mass is 993 g/mol. The summed E-state index contributed by atoms with van der Waals surface area (Å²) in [7, 11) is 5.42. The Balaban J connectivity index is 0.00000288. The van der Waals surface area contributed by atoms with Crippen LogP contribution in [-0.4, -0.2) is 186 Å². The number of carbonyl (C=O) groups is 3. The molecule has 0 aliphatic carbocycles. The van der Waals surface area contributed by atoms with Gasteiger partial charge in [-0.1, -0.05) is 38.1 Å². The molecular formula is C49H81FN8O10S. The Morgan fingerprint density at radius 2 is 1.77 bits per heavy atom. The van der Waals surface area contributed by atoms with E-state index in [2.05, 4.69) is 27.5 Å². The molecule has 5 heterocycles. The maximum absolute atomic E-state index is 14.6. The number of aryl methyl sites for hydroxylation is 1. The summed E-state index contributed by atoms with van der Waals surface area (Å²) in [6.45, 7) is 18.2. The number of carbonyl (C=O) groups excluding carboxylic acids is 3. The number of ketones is 1. The summed E-state index contributed by atoms with van der Waals surface area (Å²) in [5.41, 5.74) is 5.92. The van der Waals surface area contributed by atoms with Crippen molar-refractivity contribution in [3.8, 4) is 11.3 Å². The number of amides is 1. The molecule has 2 aromatic rings. The number of unbranched alkanes of at least 4 members (excludes halogenated alkanes) is 1. The normalized spacial score (nSPS) is 34.3. The quantitative estimate of drug-likeness (QED) is 0.0961. The van der Waals surface area contributed by atoms with Crippen molar-refractivity contribution in [2.45, 2.75) is 154 Å². The van der Waals surface area contributed by atoms with E-state index in [1.807, 2.05) is 82.1 Å². The zero-order valence-electron chi connectivity index (χ0n) is 42.8. The predicted octanol–water partition coefficient (Wildman–Crippen LogP) is 5.22. The number of rotatable bonds is 14. The number of morpholine rings is 1. The minimum atomic E-state index is -1.28. The molecule has 20 heteroatoms. The van der Waals surface area contributed by atoms with Crippen molar-refractivity contribution in [1.82, 2.24) is 35.0 Å². The molecule has 1 aromatic carbocycles. The van der Waals surface area contributed by atoms with Crippen LogP contribution in [0.1, 0.15) is 87.0 Å². The molecule has 13 atom stereocenters. The number of nitrogens with one attached hydrogen (secondary N) is 1. The fraction of sp³-hybridized carbons (Fsp3) is 0.776. The Kier molecular flexibility index (Phi) is 21.1. The number of nitrogens with two attached hydrogens (primary N) is 1. The number of nitrogens with zero attached hydrogens (tertiary/aromatic N) is 6. The number of hydrogen-bond acceptors (Lipinski definition) is 17. The van der Waals surface area contributed by atoms with Gasteiger partial charge in [0.15, 0.2) is 17.7 Å². The minimum Gasteiger partial charge on any atom is -0.458 e. The summed E-state index contributed by atoms with van der Waals surface area (Å²) in [6.07, 6.45) is 2.12. The van der Waals surface area contributed by atoms with Gasteiger partial charge in [-0.05, 0) is 111 Å². The molecule has 0 saturated carbocycles. The summed E-state index contributed by atoms with van der Waals surface area (Å²) in [6, 6.07) is 6.44. The molecule has 4 saturated heterocycles. The van der Waals surface area contributed by atoms with Crippen molar-refractivity contribution in [3.63, 3.8) is 0 Å². The highest BCUT2D eigenvalue weighted by Crippen LogP contribution is 2.41. The third kappa shape index (κ3) is 14.2. The van der Waals surface area contributed by atoms with Crippen molar-refractivity contribution in [1.29, 1.82) is 0 Å². The van der Waals surface area contributed by atoms with Crippen molar-refractivity contribution in [3.05, 3.63) is 30.5 Å². The Hall–Kier alpha value is -3.47. The summed E-state index contributed by atoms with van der Waals surface area (Å²) in [4.78, 5) is 49.4. The first-order chi connectivity index (χ1) is 32.8. The number of hydrogen-bond donors (Lipinski definition) is 3. The molecular weight excluding hydrogens is 912 g/mol. The number of anilines is 1. The van der Waals surface area contributed by atoms with Crippen LogP contribution in [0.4, 0.5) is 14.4 Å². The second kappa shape index (κ2) is 25.8. The number of aromatic nitrogens is 3. The fourth-order valence-corrected chi connectivity index (χ4v) is 10.7. The topological polar surface area (TPSA) is 205 Å². The van der Waals surface area contributed by atoms with Gasteiger partial charge in [0.25, 0.3) is 0 Å². The Morgan fingerprint density at radius 1 is 1.07 bits per heavy atom. The van der Waals surface area contributed by atoms with Crippen LogP contribution in [0.25, 0.3) is 11.3 Å². The van der Waals surface area contributed by atoms with Crippen molar-refractivity contribution >= 4 is 35.7 Å². The number of fused-ring (bicyclic) bond motifs is 1. The van der Waals surface area contributed by atoms with Crippen LogP contribution in [0, 0.1) is 17.8 Å². The molecule has 69 heavy (non-hydrogen) atoms. The van der Waals surface area contributed by atoms with E-state index < -0.39 is 71.5 Å². The van der Waals surface area contributed by atoms with Crippen molar-refractivity contribution in [2.75, 3.05) is 79.1 Å². The van der Waals surface area contributed by atoms with Gasteiger partial charge < -0.3 is 49.5 Å². The van der Waals surface area contributed by atoms with Crippen LogP contribution in [0.3, 0.4) is 0 Å². The van der Waals surface area contributed by atoms with E-state index in [1.165, 1.54) is 6.26 Å². The summed E-state index contributed by atoms with van der Waals surface area (Å²) >= 11 is 0.250. The Labute approximate surface area is 413 Å². The van der Waals surface area contributed by atoms with Gasteiger partial charge in [0.05, 0.1) is 43.3 Å². The van der Waals surface area contributed by atoms with Gasteiger partial charge in [0, 0.05) is 80.9 Å². The standard InChI is InChI=1S/C48H78N8O10.CH3FS/c1-11-39-48(7)42(56(46(60)66-48)19-13-12-18-55-29-37(51-52-55)34-15-14-16-35(49)26-34)36(17-20-54-21-23-62-24-22-54)50-28-30(2)27-47(6,61-10)43(32(4)40(57)33(5)44(59)64-39)65-45-41(58)38(53(8)9)25-31(3)63-45;1-3-2/h14-16,26,29-33,36,38-39,41-43,45,50,58H,11-13,17-25,27-28,49H2,1-10H3;1H3/t30-,31?,32+,33-,36-,38?,39-,41?,42-,43-,45+,47-,48-;/m1./s1. The van der Waals surface area contributed by atoms with Crippen LogP contribution < -0.4 is 11.1 Å². The second-order valence-electron chi connectivity index (χ2n) is 20.0. The van der Waals surface area contributed by atoms with Gasteiger partial charge in [-0.15, -0.1) is 5.10 Å². The molecule has 18 nitrogen and oxygen atoms in total. The molecule has 3 unspecified atom stereocenters. The van der Waals surface area contributed by atoms with Gasteiger partial charge >= 0.3 is 12.1 Å². The molecule has 0 radical (unpaired) electrons. The first-order valence-electron chi connectivity index (χ1n) is 24.7. The molecule has 4 fully saturated rings. The van der Waals surface area contributed by atoms with E-state index in [-0.39, 0.29) is 36.3 Å². The molecule has 1 amide bonds. The summed E-state index contributed by atoms with van der Waals surface area (Å²) in [5.74, 6) is -3.22. The lowest BCUT2D eigenvalue weighted by Gasteiger charge is -2.46. The van der Waals surface area contributed by atoms with E-state index in [9.17, 15) is 23.4 Å². The van der Waals surface area contributed by atoms with Gasteiger partial charge in [0.1, 0.15) is 23.8 Å². The molecule has 4 N–H and O–H groups in total. The zero-order chi connectivity index (χ0) is 50.6. The molecule has 6 rings (SSSR count). The highest BCUT2D eigenvalue weighted by molar-refractivity contribution is 7.93. The lowest BCUT2D eigenvalue weighted by molar-refractivity contribution is -0.295. The number of aliphatic hydroxyl groups excluding tert-OH is 1. The first kappa shape index (κ1) is 56.4. The van der Waals surface area contributed by atoms with Crippen molar-refractivity contribution in [2.24, 2.45) is 17.8 Å². The number of benzene rings is 1. The second-order valence-corrected chi connectivity index (χ2v) is 20.3. The van der Waals surface area contributed by atoms with Crippen LogP contribution >= 0.6 is 12.1 Å². The lowest BCUT2D eigenvalue weighted by atomic mass is 9.78. The van der Waals surface area contributed by atoms with Gasteiger partial charge in [0.2, 0.25) is 0 Å². The summed E-state index contributed by atoms with van der Waals surface area (Å²) < 4.78 is 49.8. The van der Waals surface area contributed by atoms with Crippen molar-refractivity contribution < 1.29 is 51.8 Å². The highest BCUT2D eigenvalue weighted by Gasteiger charge is 2.59. The van der Waals surface area contributed by atoms with Crippen LogP contribution in [0.15, 0.2) is 30.5 Å². The van der Waals surface area contributed by atoms with E-state index in [0.29, 0.717) is 77.1 Å². The smallest absolute Gasteiger partial charge is 0.410 e. The number of likely N-dealkylation sites (N-methyl/N-ethyl adjacent to an activating group) is 1. The summed E-state index contributed by atoms with van der Waals surface area (Å²) in [5, 5.41) is 24.2. The number of methoxy groups -OCH3 is 1. The molecule has 4 aliphatic rings. The number of aliphatic hydroxyl groups is 1. The van der Waals surface area contributed by atoms with E-state index in [4.69, 9.17) is 34.2 Å². The third-order valence-electron chi connectivity index (χ3n) is 14.5. The van der Waals surface area contributed by atoms with Gasteiger partial charge in [-0.3, -0.25) is 24.1 Å². The molecule has 1 aromatic heterocycles. The zero-order valence-corrected chi connectivity index (χ0v) is 43.6. The van der Waals surface area contributed by atoms with E-state index in [1.54, 1.807) is 25.6 Å². The Morgan fingerprint density at radius 3 is 2.42 bits per heavy atom. The lowest BCUT2D eigenvalue weighted by Crippen LogP contribution is -2.62. The number of Topliss-reactive ketones (excluding diaryl/α,β-unsaturated/α-hetero) is 1. The van der Waals surface area contributed by atoms with Crippen LogP contribution in [-0.2, 0) is 44.6 Å². The maximum Gasteiger partial charge on any atom is 0.410 e. The van der Waals surface area contributed by atoms with Gasteiger partial charge in [-0.25, -0.2) is 4.79 Å². The minimum absolute atomic E-state index is 0.0417. The maximum atomic E-state index is 14.6. The number of ether oxygens (including phenoxy) is 6. The predicted molar refractivity (Wildman–Crippen MR) is 263 cm³/mol. The SMILES string of the molecule is CC[C@H]1OC(=O)[C@H](C)C(=O)[C@H](C)[C@@H](O[C@@H]2OC(C)CC(N(C)C)C2O)[C@](C)(OC)C[C@@H](C)CN[C@H](CCN2CCOCC2)[C@H]2N(CCCCn3cc(-c4cccc(N)c4)nn3)C(=O)O[C@]12C.CSF. The first-order valence-corrected chi connectivity index (χ1v) is 25.8. The average Bonchev–Trinajstić information content (AvgIpc) is 3.90. The van der Waals surface area contributed by atoms with E-state index in [0.717, 1.165) is 30.9 Å². The number of cyclic esters (lactones) is 1. The van der Waals surface area contributed by atoms with Crippen LogP contribution in [0.5, 0.6) is 0 Å². The number of esters is 1. The highest BCUT2D eigenvalue weighted by atomic mass is 32.2. The van der Waals surface area contributed by atoms with Gasteiger partial charge in [-0.2, -0.15) is 3.89 Å². The molecule has 4 aliphatic heterocycles. The molecule has 0 spiro atoms. The molecule has 390 valence electrons. The third-order valence-corrected chi connectivity index (χ3v) is 14.5. The average molecular weight is 993 g/mol. The molecule has 0 bridgehead atoms. The number of halogens is 1. The fourth-order valence-electron chi connectivity index (χ4n) is 10.7. The number of nitrogen functional groups attached to an aromatic ring is 1. The van der Waals surface area contributed by atoms with E-state index >= 15 is 0 Å².